The number of hydrogen-bond donors (Lipinski definition) is 0. The molecule has 0 aliphatic carbocycles. The van der Waals surface area contributed by atoms with Gasteiger partial charge in [0.15, 0.2) is 0 Å². The van der Waals surface area contributed by atoms with Crippen molar-refractivity contribution in [1.29, 1.82) is 0 Å². The second kappa shape index (κ2) is 5.31. The van der Waals surface area contributed by atoms with Gasteiger partial charge in [-0.05, 0) is 32.0 Å². The van der Waals surface area contributed by atoms with Crippen LogP contribution >= 0.6 is 11.3 Å². The number of hydrogen-bond acceptors (Lipinski definition) is 5. The van der Waals surface area contributed by atoms with Crippen molar-refractivity contribution in [2.45, 2.75) is 13.8 Å². The van der Waals surface area contributed by atoms with E-state index >= 15 is 0 Å². The Hall–Kier alpha value is -2.47. The minimum Gasteiger partial charge on any atom is -0.334 e. The number of imidazole rings is 1. The summed E-state index contributed by atoms with van der Waals surface area (Å²) in [6.07, 6.45) is 3.65. The Morgan fingerprint density at radius 2 is 2.04 bits per heavy atom. The molecule has 116 valence electrons. The summed E-state index contributed by atoms with van der Waals surface area (Å²) >= 11 is 1.72. The Balaban J connectivity index is 1.82. The van der Waals surface area contributed by atoms with Gasteiger partial charge in [-0.15, -0.1) is 11.3 Å². The third-order valence-electron chi connectivity index (χ3n) is 3.98. The van der Waals surface area contributed by atoms with Gasteiger partial charge in [0, 0.05) is 25.3 Å². The number of rotatable bonds is 3. The molecule has 4 aromatic rings. The van der Waals surface area contributed by atoms with Crippen LogP contribution in [0, 0.1) is 6.92 Å². The maximum atomic E-state index is 4.60. The normalized spacial score (nSPS) is 11.4. The second-order valence-corrected chi connectivity index (χ2v) is 6.75. The van der Waals surface area contributed by atoms with E-state index < -0.39 is 0 Å². The third-order valence-corrected chi connectivity index (χ3v) is 4.93. The van der Waals surface area contributed by atoms with Gasteiger partial charge >= 0.3 is 0 Å². The van der Waals surface area contributed by atoms with Gasteiger partial charge in [-0.1, -0.05) is 0 Å². The SMILES string of the molecule is CCN(c1ccc2sc(C)nc2c1)c1cc2c(cn1)ncn2C. The van der Waals surface area contributed by atoms with E-state index in [4.69, 9.17) is 0 Å². The minimum atomic E-state index is 0.838. The van der Waals surface area contributed by atoms with E-state index in [1.165, 1.54) is 4.70 Å². The van der Waals surface area contributed by atoms with Crippen molar-refractivity contribution in [3.8, 4) is 0 Å². The van der Waals surface area contributed by atoms with Gasteiger partial charge in [0.2, 0.25) is 0 Å². The van der Waals surface area contributed by atoms with Crippen LogP contribution in [0.4, 0.5) is 11.5 Å². The van der Waals surface area contributed by atoms with Crippen LogP contribution in [-0.2, 0) is 7.05 Å². The van der Waals surface area contributed by atoms with Crippen LogP contribution in [0.3, 0.4) is 0 Å². The molecule has 23 heavy (non-hydrogen) atoms. The fourth-order valence-corrected chi connectivity index (χ4v) is 3.65. The van der Waals surface area contributed by atoms with Gasteiger partial charge in [0.1, 0.15) is 11.3 Å². The van der Waals surface area contributed by atoms with Gasteiger partial charge in [0.25, 0.3) is 0 Å². The highest BCUT2D eigenvalue weighted by atomic mass is 32.1. The molecular formula is C17H17N5S. The summed E-state index contributed by atoms with van der Waals surface area (Å²) in [4.78, 5) is 15.7. The van der Waals surface area contributed by atoms with E-state index in [9.17, 15) is 0 Å². The summed E-state index contributed by atoms with van der Waals surface area (Å²) in [5.41, 5.74) is 4.15. The van der Waals surface area contributed by atoms with Crippen LogP contribution in [0.2, 0.25) is 0 Å². The molecule has 0 aliphatic heterocycles. The Kier molecular flexibility index (Phi) is 3.27. The first-order chi connectivity index (χ1) is 11.2. The summed E-state index contributed by atoms with van der Waals surface area (Å²) < 4.78 is 3.23. The molecule has 0 spiro atoms. The molecule has 3 heterocycles. The third kappa shape index (κ3) is 2.35. The highest BCUT2D eigenvalue weighted by molar-refractivity contribution is 7.18. The Labute approximate surface area is 138 Å². The Morgan fingerprint density at radius 3 is 2.87 bits per heavy atom. The molecule has 0 saturated heterocycles. The van der Waals surface area contributed by atoms with Gasteiger partial charge in [-0.2, -0.15) is 0 Å². The van der Waals surface area contributed by atoms with E-state index in [0.717, 1.165) is 39.6 Å². The molecule has 6 heteroatoms. The number of anilines is 2. The smallest absolute Gasteiger partial charge is 0.135 e. The van der Waals surface area contributed by atoms with Crippen molar-refractivity contribution in [2.75, 3.05) is 11.4 Å². The van der Waals surface area contributed by atoms with Crippen molar-refractivity contribution >= 4 is 44.1 Å². The van der Waals surface area contributed by atoms with E-state index in [2.05, 4.69) is 51.0 Å². The fraction of sp³-hybridized carbons (Fsp3) is 0.235. The van der Waals surface area contributed by atoms with Crippen molar-refractivity contribution in [1.82, 2.24) is 19.5 Å². The van der Waals surface area contributed by atoms with E-state index in [-0.39, 0.29) is 0 Å². The van der Waals surface area contributed by atoms with Crippen LogP contribution in [0.25, 0.3) is 21.3 Å². The van der Waals surface area contributed by atoms with Gasteiger partial charge in [-0.3, -0.25) is 0 Å². The number of thiazole rings is 1. The first-order valence-corrected chi connectivity index (χ1v) is 8.39. The minimum absolute atomic E-state index is 0.838. The zero-order chi connectivity index (χ0) is 16.0. The molecule has 0 saturated carbocycles. The molecule has 3 aromatic heterocycles. The molecule has 5 nitrogen and oxygen atoms in total. The van der Waals surface area contributed by atoms with E-state index in [1.54, 1.807) is 11.3 Å². The molecule has 0 unspecified atom stereocenters. The maximum Gasteiger partial charge on any atom is 0.135 e. The molecule has 0 aliphatic rings. The predicted octanol–water partition coefficient (Wildman–Crippen LogP) is 4.04. The number of aromatic nitrogens is 4. The van der Waals surface area contributed by atoms with E-state index in [1.807, 2.05) is 31.1 Å². The van der Waals surface area contributed by atoms with Crippen molar-refractivity contribution in [3.05, 3.63) is 41.8 Å². The maximum absolute atomic E-state index is 4.60. The van der Waals surface area contributed by atoms with Crippen LogP contribution in [-0.4, -0.2) is 26.1 Å². The molecule has 0 N–H and O–H groups in total. The average molecular weight is 323 g/mol. The molecule has 0 bridgehead atoms. The summed E-state index contributed by atoms with van der Waals surface area (Å²) in [6.45, 7) is 5.01. The standard InChI is InChI=1S/C17H17N5S/c1-4-22(12-5-6-16-13(7-12)20-11(2)23-16)17-8-15-14(9-18-17)19-10-21(15)3/h5-10H,4H2,1-3H3. The number of aryl methyl sites for hydroxylation is 2. The van der Waals surface area contributed by atoms with Crippen LogP contribution in [0.1, 0.15) is 11.9 Å². The van der Waals surface area contributed by atoms with Gasteiger partial charge in [-0.25, -0.2) is 15.0 Å². The molecule has 4 rings (SSSR count). The van der Waals surface area contributed by atoms with Gasteiger partial charge in [0.05, 0.1) is 33.3 Å². The second-order valence-electron chi connectivity index (χ2n) is 5.52. The summed E-state index contributed by atoms with van der Waals surface area (Å²) in [5.74, 6) is 0.926. The van der Waals surface area contributed by atoms with Crippen LogP contribution < -0.4 is 4.90 Å². The van der Waals surface area contributed by atoms with Crippen LogP contribution in [0.5, 0.6) is 0 Å². The number of pyridine rings is 1. The Morgan fingerprint density at radius 1 is 1.17 bits per heavy atom. The summed E-state index contributed by atoms with van der Waals surface area (Å²) in [5, 5.41) is 1.09. The quantitative estimate of drug-likeness (QED) is 0.571. The Bertz CT molecular complexity index is 1000. The van der Waals surface area contributed by atoms with E-state index in [0.29, 0.717) is 0 Å². The largest absolute Gasteiger partial charge is 0.334 e. The molecule has 0 atom stereocenters. The first-order valence-electron chi connectivity index (χ1n) is 7.57. The fourth-order valence-electron chi connectivity index (χ4n) is 2.84. The summed E-state index contributed by atoms with van der Waals surface area (Å²) in [6, 6.07) is 8.50. The summed E-state index contributed by atoms with van der Waals surface area (Å²) in [7, 11) is 2.00. The topological polar surface area (TPSA) is 46.8 Å². The highest BCUT2D eigenvalue weighted by Gasteiger charge is 2.12. The molecule has 0 amide bonds. The molecule has 0 radical (unpaired) electrons. The first kappa shape index (κ1) is 14.1. The molecule has 1 aromatic carbocycles. The number of fused-ring (bicyclic) bond motifs is 2. The lowest BCUT2D eigenvalue weighted by molar-refractivity contribution is 0.944. The van der Waals surface area contributed by atoms with Crippen molar-refractivity contribution < 1.29 is 0 Å². The highest BCUT2D eigenvalue weighted by Crippen LogP contribution is 2.30. The lowest BCUT2D eigenvalue weighted by Crippen LogP contribution is -2.17. The lowest BCUT2D eigenvalue weighted by atomic mass is 10.2. The molecule has 0 fully saturated rings. The monoisotopic (exact) mass is 323 g/mol. The zero-order valence-electron chi connectivity index (χ0n) is 13.3. The van der Waals surface area contributed by atoms with Crippen LogP contribution in [0.15, 0.2) is 36.8 Å². The predicted molar refractivity (Wildman–Crippen MR) is 95.5 cm³/mol. The molecular weight excluding hydrogens is 306 g/mol. The lowest BCUT2D eigenvalue weighted by Gasteiger charge is -2.22. The van der Waals surface area contributed by atoms with Crippen molar-refractivity contribution in [2.24, 2.45) is 7.05 Å². The van der Waals surface area contributed by atoms with Crippen molar-refractivity contribution in [3.63, 3.8) is 0 Å². The van der Waals surface area contributed by atoms with Gasteiger partial charge < -0.3 is 9.47 Å². The number of nitrogens with zero attached hydrogens (tertiary/aromatic N) is 5. The number of benzene rings is 1. The zero-order valence-corrected chi connectivity index (χ0v) is 14.1. The average Bonchev–Trinajstić information content (AvgIpc) is 3.10.